The highest BCUT2D eigenvalue weighted by Gasteiger charge is 2.14. The summed E-state index contributed by atoms with van der Waals surface area (Å²) in [6, 6.07) is 8.24. The molecule has 0 aliphatic rings. The number of nitrogens with zero attached hydrogens (tertiary/aromatic N) is 1. The van der Waals surface area contributed by atoms with Crippen LogP contribution in [0.15, 0.2) is 24.3 Å². The first-order valence-corrected chi connectivity index (χ1v) is 4.15. The maximum atomic E-state index is 11.0. The lowest BCUT2D eigenvalue weighted by Gasteiger charge is -2.11. The number of carbonyl (C=O) groups is 1. The Morgan fingerprint density at radius 2 is 2.07 bits per heavy atom. The third-order valence-electron chi connectivity index (χ3n) is 1.95. The van der Waals surface area contributed by atoms with Crippen molar-refractivity contribution < 1.29 is 4.79 Å². The molecule has 3 N–H and O–H groups in total. The molecule has 1 aromatic rings. The fourth-order valence-electron chi connectivity index (χ4n) is 1.22. The number of rotatable bonds is 3. The fourth-order valence-corrected chi connectivity index (χ4v) is 1.22. The lowest BCUT2D eigenvalue weighted by Crippen LogP contribution is -2.31. The van der Waals surface area contributed by atoms with Crippen LogP contribution < -0.4 is 11.1 Å². The average molecular weight is 189 g/mol. The van der Waals surface area contributed by atoms with Crippen molar-refractivity contribution in [2.45, 2.75) is 6.04 Å². The predicted molar refractivity (Wildman–Crippen MR) is 52.2 cm³/mol. The molecule has 1 aromatic carbocycles. The summed E-state index contributed by atoms with van der Waals surface area (Å²) in [5.74, 6) is -0.433. The van der Waals surface area contributed by atoms with Gasteiger partial charge in [-0.05, 0) is 24.7 Å². The second kappa shape index (κ2) is 4.40. The summed E-state index contributed by atoms with van der Waals surface area (Å²) in [6.45, 7) is 0. The molecule has 0 fully saturated rings. The predicted octanol–water partition coefficient (Wildman–Crippen LogP) is 0.304. The first-order valence-electron chi connectivity index (χ1n) is 4.15. The first-order chi connectivity index (χ1) is 6.69. The van der Waals surface area contributed by atoms with Crippen LogP contribution in [0.5, 0.6) is 0 Å². The molecular formula is C10H11N3O. The zero-order valence-electron chi connectivity index (χ0n) is 7.82. The van der Waals surface area contributed by atoms with Gasteiger partial charge >= 0.3 is 0 Å². The van der Waals surface area contributed by atoms with Gasteiger partial charge in [0.15, 0.2) is 0 Å². The molecule has 0 spiro atoms. The van der Waals surface area contributed by atoms with Crippen LogP contribution in [0.1, 0.15) is 17.2 Å². The van der Waals surface area contributed by atoms with Crippen LogP contribution in [-0.2, 0) is 4.79 Å². The number of carbonyl (C=O) groups excluding carboxylic acids is 1. The SMILES string of the molecule is CNC(C(N)=O)c1ccc(C#N)cc1. The fraction of sp³-hybridized carbons (Fsp3) is 0.200. The summed E-state index contributed by atoms with van der Waals surface area (Å²) in [4.78, 5) is 11.0. The number of hydrogen-bond donors (Lipinski definition) is 2. The Morgan fingerprint density at radius 1 is 1.50 bits per heavy atom. The van der Waals surface area contributed by atoms with Gasteiger partial charge in [0.1, 0.15) is 6.04 Å². The standard InChI is InChI=1S/C10H11N3O/c1-13-9(10(12)14)8-4-2-7(6-11)3-5-8/h2-5,9,13H,1H3,(H2,12,14). The second-order valence-corrected chi connectivity index (χ2v) is 2.86. The summed E-state index contributed by atoms with van der Waals surface area (Å²) >= 11 is 0. The Hall–Kier alpha value is -1.86. The van der Waals surface area contributed by atoms with Gasteiger partial charge in [-0.25, -0.2) is 0 Å². The summed E-state index contributed by atoms with van der Waals surface area (Å²) in [7, 11) is 1.66. The molecule has 0 aliphatic heterocycles. The van der Waals surface area contributed by atoms with Crippen molar-refractivity contribution in [3.8, 4) is 6.07 Å². The molecule has 72 valence electrons. The molecule has 1 unspecified atom stereocenters. The van der Waals surface area contributed by atoms with Crippen LogP contribution in [0.2, 0.25) is 0 Å². The van der Waals surface area contributed by atoms with E-state index in [-0.39, 0.29) is 0 Å². The monoisotopic (exact) mass is 189 g/mol. The summed E-state index contributed by atoms with van der Waals surface area (Å²) in [6.07, 6.45) is 0. The van der Waals surface area contributed by atoms with Crippen molar-refractivity contribution in [2.75, 3.05) is 7.05 Å². The van der Waals surface area contributed by atoms with Crippen LogP contribution in [0.4, 0.5) is 0 Å². The molecule has 0 saturated heterocycles. The van der Waals surface area contributed by atoms with Crippen molar-refractivity contribution in [3.63, 3.8) is 0 Å². The number of benzene rings is 1. The van der Waals surface area contributed by atoms with E-state index in [0.717, 1.165) is 5.56 Å². The van der Waals surface area contributed by atoms with E-state index in [1.54, 1.807) is 31.3 Å². The van der Waals surface area contributed by atoms with E-state index >= 15 is 0 Å². The molecule has 0 heterocycles. The zero-order chi connectivity index (χ0) is 10.6. The molecule has 0 saturated carbocycles. The molecule has 1 atom stereocenters. The molecule has 0 radical (unpaired) electrons. The topological polar surface area (TPSA) is 78.9 Å². The Morgan fingerprint density at radius 3 is 2.43 bits per heavy atom. The molecule has 0 aromatic heterocycles. The first kappa shape index (κ1) is 10.2. The van der Waals surface area contributed by atoms with Gasteiger partial charge in [0.2, 0.25) is 5.91 Å². The van der Waals surface area contributed by atoms with E-state index < -0.39 is 11.9 Å². The summed E-state index contributed by atoms with van der Waals surface area (Å²) in [5.41, 5.74) is 6.51. The zero-order valence-corrected chi connectivity index (χ0v) is 7.82. The summed E-state index contributed by atoms with van der Waals surface area (Å²) in [5, 5.41) is 11.4. The Balaban J connectivity index is 2.96. The number of nitriles is 1. The van der Waals surface area contributed by atoms with Gasteiger partial charge in [-0.1, -0.05) is 12.1 Å². The van der Waals surface area contributed by atoms with E-state index in [2.05, 4.69) is 5.32 Å². The van der Waals surface area contributed by atoms with Crippen molar-refractivity contribution >= 4 is 5.91 Å². The van der Waals surface area contributed by atoms with Gasteiger partial charge in [-0.3, -0.25) is 4.79 Å². The second-order valence-electron chi connectivity index (χ2n) is 2.86. The van der Waals surface area contributed by atoms with Gasteiger partial charge in [0.25, 0.3) is 0 Å². The third kappa shape index (κ3) is 2.09. The van der Waals surface area contributed by atoms with Crippen molar-refractivity contribution in [2.24, 2.45) is 5.73 Å². The van der Waals surface area contributed by atoms with Gasteiger partial charge in [-0.15, -0.1) is 0 Å². The highest BCUT2D eigenvalue weighted by Crippen LogP contribution is 2.12. The quantitative estimate of drug-likeness (QED) is 0.718. The number of hydrogen-bond acceptors (Lipinski definition) is 3. The maximum absolute atomic E-state index is 11.0. The lowest BCUT2D eigenvalue weighted by molar-refractivity contribution is -0.120. The minimum atomic E-state index is -0.497. The molecule has 1 amide bonds. The number of likely N-dealkylation sites (N-methyl/N-ethyl adjacent to an activating group) is 1. The Labute approximate surface area is 82.3 Å². The van der Waals surface area contributed by atoms with Gasteiger partial charge in [0, 0.05) is 0 Å². The van der Waals surface area contributed by atoms with Crippen molar-refractivity contribution in [3.05, 3.63) is 35.4 Å². The molecule has 0 bridgehead atoms. The average Bonchev–Trinajstić information content (AvgIpc) is 2.19. The minimum Gasteiger partial charge on any atom is -0.368 e. The molecule has 1 rings (SSSR count). The van der Waals surface area contributed by atoms with E-state index in [4.69, 9.17) is 11.0 Å². The highest BCUT2D eigenvalue weighted by atomic mass is 16.1. The third-order valence-corrected chi connectivity index (χ3v) is 1.95. The molecular weight excluding hydrogens is 178 g/mol. The van der Waals surface area contributed by atoms with E-state index in [0.29, 0.717) is 5.56 Å². The number of nitrogens with one attached hydrogen (secondary N) is 1. The van der Waals surface area contributed by atoms with E-state index in [1.165, 1.54) is 0 Å². The molecule has 4 nitrogen and oxygen atoms in total. The van der Waals surface area contributed by atoms with Crippen molar-refractivity contribution in [1.29, 1.82) is 5.26 Å². The Kier molecular flexibility index (Phi) is 3.21. The van der Waals surface area contributed by atoms with Crippen LogP contribution >= 0.6 is 0 Å². The molecule has 14 heavy (non-hydrogen) atoms. The summed E-state index contributed by atoms with van der Waals surface area (Å²) < 4.78 is 0. The van der Waals surface area contributed by atoms with Gasteiger partial charge in [-0.2, -0.15) is 5.26 Å². The van der Waals surface area contributed by atoms with E-state index in [9.17, 15) is 4.79 Å². The number of primary amides is 1. The minimum absolute atomic E-state index is 0.433. The van der Waals surface area contributed by atoms with Gasteiger partial charge in [0.05, 0.1) is 11.6 Å². The molecule has 4 heteroatoms. The van der Waals surface area contributed by atoms with Gasteiger partial charge < -0.3 is 11.1 Å². The Bertz CT molecular complexity index is 364. The number of nitrogens with two attached hydrogens (primary N) is 1. The van der Waals surface area contributed by atoms with E-state index in [1.807, 2.05) is 6.07 Å². The van der Waals surface area contributed by atoms with Crippen LogP contribution in [0.3, 0.4) is 0 Å². The molecule has 0 aliphatic carbocycles. The number of amides is 1. The van der Waals surface area contributed by atoms with Crippen LogP contribution in [0.25, 0.3) is 0 Å². The largest absolute Gasteiger partial charge is 0.368 e. The van der Waals surface area contributed by atoms with Crippen LogP contribution in [0, 0.1) is 11.3 Å². The van der Waals surface area contributed by atoms with Crippen LogP contribution in [-0.4, -0.2) is 13.0 Å². The lowest BCUT2D eigenvalue weighted by atomic mass is 10.1. The highest BCUT2D eigenvalue weighted by molar-refractivity contribution is 5.81. The normalized spacial score (nSPS) is 11.7. The maximum Gasteiger partial charge on any atom is 0.239 e. The smallest absolute Gasteiger partial charge is 0.239 e. The van der Waals surface area contributed by atoms with Crippen molar-refractivity contribution in [1.82, 2.24) is 5.32 Å².